The van der Waals surface area contributed by atoms with Crippen molar-refractivity contribution < 1.29 is 14.7 Å². The third kappa shape index (κ3) is 4.25. The SMILES string of the molecule is C=CC(=O)Nc1cccc(C(=O)Nc2cc(Cl)c(Cl)cc2O)c1. The van der Waals surface area contributed by atoms with Crippen LogP contribution in [0.1, 0.15) is 10.4 Å². The van der Waals surface area contributed by atoms with E-state index in [9.17, 15) is 14.7 Å². The fraction of sp³-hybridized carbons (Fsp3) is 0. The number of anilines is 2. The summed E-state index contributed by atoms with van der Waals surface area (Å²) >= 11 is 11.6. The molecule has 2 amide bonds. The zero-order valence-corrected chi connectivity index (χ0v) is 13.3. The van der Waals surface area contributed by atoms with Gasteiger partial charge in [-0.15, -0.1) is 0 Å². The fourth-order valence-electron chi connectivity index (χ4n) is 1.76. The maximum Gasteiger partial charge on any atom is 0.255 e. The summed E-state index contributed by atoms with van der Waals surface area (Å²) in [6.45, 7) is 3.35. The Morgan fingerprint density at radius 3 is 2.48 bits per heavy atom. The summed E-state index contributed by atoms with van der Waals surface area (Å²) < 4.78 is 0. The highest BCUT2D eigenvalue weighted by Crippen LogP contribution is 2.33. The molecule has 0 saturated carbocycles. The van der Waals surface area contributed by atoms with Crippen LogP contribution in [0.15, 0.2) is 49.1 Å². The van der Waals surface area contributed by atoms with Gasteiger partial charge in [-0.25, -0.2) is 0 Å². The van der Waals surface area contributed by atoms with Gasteiger partial charge in [-0.1, -0.05) is 35.8 Å². The summed E-state index contributed by atoms with van der Waals surface area (Å²) in [4.78, 5) is 23.5. The molecule has 5 nitrogen and oxygen atoms in total. The fourth-order valence-corrected chi connectivity index (χ4v) is 2.08. The number of benzene rings is 2. The molecule has 0 aliphatic carbocycles. The van der Waals surface area contributed by atoms with Crippen molar-refractivity contribution >= 4 is 46.4 Å². The highest BCUT2D eigenvalue weighted by atomic mass is 35.5. The van der Waals surface area contributed by atoms with E-state index in [1.54, 1.807) is 18.2 Å². The lowest BCUT2D eigenvalue weighted by Gasteiger charge is -2.10. The molecule has 0 radical (unpaired) electrons. The van der Waals surface area contributed by atoms with Crippen LogP contribution in [-0.2, 0) is 4.79 Å². The molecule has 2 aromatic carbocycles. The van der Waals surface area contributed by atoms with Crippen molar-refractivity contribution in [2.75, 3.05) is 10.6 Å². The number of rotatable bonds is 4. The summed E-state index contributed by atoms with van der Waals surface area (Å²) in [7, 11) is 0. The van der Waals surface area contributed by atoms with E-state index in [4.69, 9.17) is 23.2 Å². The number of amides is 2. The van der Waals surface area contributed by atoms with Crippen LogP contribution in [0, 0.1) is 0 Å². The molecule has 0 atom stereocenters. The number of phenolic OH excluding ortho intramolecular Hbond substituents is 1. The van der Waals surface area contributed by atoms with Crippen molar-refractivity contribution in [2.24, 2.45) is 0 Å². The molecule has 118 valence electrons. The zero-order valence-electron chi connectivity index (χ0n) is 11.8. The van der Waals surface area contributed by atoms with Gasteiger partial charge in [0.15, 0.2) is 0 Å². The minimum atomic E-state index is -0.478. The maximum absolute atomic E-state index is 12.2. The van der Waals surface area contributed by atoms with Gasteiger partial charge in [-0.05, 0) is 30.3 Å². The van der Waals surface area contributed by atoms with Gasteiger partial charge in [-0.2, -0.15) is 0 Å². The molecule has 7 heteroatoms. The van der Waals surface area contributed by atoms with Gasteiger partial charge < -0.3 is 15.7 Å². The van der Waals surface area contributed by atoms with E-state index in [1.807, 2.05) is 0 Å². The number of phenols is 1. The van der Waals surface area contributed by atoms with Gasteiger partial charge in [0, 0.05) is 17.3 Å². The summed E-state index contributed by atoms with van der Waals surface area (Å²) in [5.41, 5.74) is 0.864. The van der Waals surface area contributed by atoms with Crippen molar-refractivity contribution in [1.29, 1.82) is 0 Å². The predicted octanol–water partition coefficient (Wildman–Crippen LogP) is 4.08. The summed E-state index contributed by atoms with van der Waals surface area (Å²) in [6, 6.07) is 8.89. The number of halogens is 2. The molecular weight excluding hydrogens is 339 g/mol. The number of nitrogens with one attached hydrogen (secondary N) is 2. The molecule has 0 aliphatic rings. The Morgan fingerprint density at radius 2 is 1.78 bits per heavy atom. The Balaban J connectivity index is 2.21. The van der Waals surface area contributed by atoms with E-state index < -0.39 is 5.91 Å². The highest BCUT2D eigenvalue weighted by Gasteiger charge is 2.12. The summed E-state index contributed by atoms with van der Waals surface area (Å²) in [6.07, 6.45) is 1.13. The minimum absolute atomic E-state index is 0.130. The summed E-state index contributed by atoms with van der Waals surface area (Å²) in [5, 5.41) is 15.2. The maximum atomic E-state index is 12.2. The standard InChI is InChI=1S/C16H12Cl2N2O3/c1-2-15(22)19-10-5-3-4-9(6-10)16(23)20-13-7-11(17)12(18)8-14(13)21/h2-8,21H,1H2,(H,19,22)(H,20,23). The largest absolute Gasteiger partial charge is 0.506 e. The molecule has 0 aliphatic heterocycles. The highest BCUT2D eigenvalue weighted by molar-refractivity contribution is 6.42. The molecule has 0 saturated heterocycles. The Bertz CT molecular complexity index is 791. The molecule has 0 fully saturated rings. The lowest BCUT2D eigenvalue weighted by molar-refractivity contribution is -0.111. The first kappa shape index (κ1) is 16.9. The average Bonchev–Trinajstić information content (AvgIpc) is 2.52. The predicted molar refractivity (Wildman–Crippen MR) is 91.3 cm³/mol. The van der Waals surface area contributed by atoms with Gasteiger partial charge in [0.05, 0.1) is 15.7 Å². The number of hydrogen-bond donors (Lipinski definition) is 3. The molecule has 0 spiro atoms. The van der Waals surface area contributed by atoms with Gasteiger partial charge in [0.25, 0.3) is 5.91 Å². The van der Waals surface area contributed by atoms with E-state index >= 15 is 0 Å². The molecule has 2 rings (SSSR count). The lowest BCUT2D eigenvalue weighted by Crippen LogP contribution is -2.13. The normalized spacial score (nSPS) is 10.0. The molecule has 23 heavy (non-hydrogen) atoms. The van der Waals surface area contributed by atoms with Crippen LogP contribution in [0.25, 0.3) is 0 Å². The third-order valence-corrected chi connectivity index (χ3v) is 3.59. The lowest BCUT2D eigenvalue weighted by atomic mass is 10.1. The van der Waals surface area contributed by atoms with E-state index in [1.165, 1.54) is 18.2 Å². The van der Waals surface area contributed by atoms with Crippen molar-refractivity contribution in [3.05, 3.63) is 64.7 Å². The van der Waals surface area contributed by atoms with E-state index in [0.717, 1.165) is 6.08 Å². The molecular formula is C16H12Cl2N2O3. The minimum Gasteiger partial charge on any atom is -0.506 e. The number of hydrogen-bond acceptors (Lipinski definition) is 3. The van der Waals surface area contributed by atoms with Gasteiger partial charge in [0.1, 0.15) is 5.75 Å². The van der Waals surface area contributed by atoms with Crippen LogP contribution in [0.2, 0.25) is 10.0 Å². The molecule has 0 unspecified atom stereocenters. The molecule has 0 aromatic heterocycles. The van der Waals surface area contributed by atoms with Crippen molar-refractivity contribution in [3.63, 3.8) is 0 Å². The topological polar surface area (TPSA) is 78.4 Å². The first-order chi connectivity index (χ1) is 10.9. The zero-order chi connectivity index (χ0) is 17.0. The van der Waals surface area contributed by atoms with E-state index in [2.05, 4.69) is 17.2 Å². The van der Waals surface area contributed by atoms with Crippen LogP contribution in [0.3, 0.4) is 0 Å². The Kier molecular flexibility index (Phi) is 5.26. The molecule has 3 N–H and O–H groups in total. The van der Waals surface area contributed by atoms with Gasteiger partial charge >= 0.3 is 0 Å². The molecule has 0 heterocycles. The van der Waals surface area contributed by atoms with Crippen LogP contribution < -0.4 is 10.6 Å². The smallest absolute Gasteiger partial charge is 0.255 e. The van der Waals surface area contributed by atoms with E-state index in [0.29, 0.717) is 5.69 Å². The summed E-state index contributed by atoms with van der Waals surface area (Å²) in [5.74, 6) is -1.07. The second-order valence-electron chi connectivity index (χ2n) is 4.51. The average molecular weight is 351 g/mol. The monoisotopic (exact) mass is 350 g/mol. The van der Waals surface area contributed by atoms with Crippen LogP contribution in [0.5, 0.6) is 5.75 Å². The number of carbonyl (C=O) groups is 2. The van der Waals surface area contributed by atoms with Crippen molar-refractivity contribution in [3.8, 4) is 5.75 Å². The van der Waals surface area contributed by atoms with E-state index in [-0.39, 0.29) is 33.0 Å². The first-order valence-electron chi connectivity index (χ1n) is 6.43. The van der Waals surface area contributed by atoms with Crippen LogP contribution in [-0.4, -0.2) is 16.9 Å². The quantitative estimate of drug-likeness (QED) is 0.574. The second kappa shape index (κ2) is 7.17. The van der Waals surface area contributed by atoms with Crippen LogP contribution >= 0.6 is 23.2 Å². The Hall–Kier alpha value is -2.50. The number of aromatic hydroxyl groups is 1. The number of carbonyl (C=O) groups excluding carboxylic acids is 2. The van der Waals surface area contributed by atoms with Crippen LogP contribution in [0.4, 0.5) is 11.4 Å². The van der Waals surface area contributed by atoms with Crippen molar-refractivity contribution in [2.45, 2.75) is 0 Å². The second-order valence-corrected chi connectivity index (χ2v) is 5.33. The first-order valence-corrected chi connectivity index (χ1v) is 7.19. The Morgan fingerprint density at radius 1 is 1.09 bits per heavy atom. The Labute approximate surface area is 142 Å². The molecule has 2 aromatic rings. The van der Waals surface area contributed by atoms with Gasteiger partial charge in [-0.3, -0.25) is 9.59 Å². The third-order valence-electron chi connectivity index (χ3n) is 2.86. The van der Waals surface area contributed by atoms with Crippen molar-refractivity contribution in [1.82, 2.24) is 0 Å². The van der Waals surface area contributed by atoms with Gasteiger partial charge in [0.2, 0.25) is 5.91 Å². The molecule has 0 bridgehead atoms.